The summed E-state index contributed by atoms with van der Waals surface area (Å²) in [5.74, 6) is 0.519. The topological polar surface area (TPSA) is 42.3 Å². The van der Waals surface area contributed by atoms with Gasteiger partial charge in [0.05, 0.1) is 24.9 Å². The van der Waals surface area contributed by atoms with Crippen molar-refractivity contribution in [3.63, 3.8) is 0 Å². The van der Waals surface area contributed by atoms with Crippen LogP contribution in [0.15, 0.2) is 79.0 Å². The summed E-state index contributed by atoms with van der Waals surface area (Å²) in [6, 6.07) is 22.2. The maximum atomic E-state index is 13.7. The highest BCUT2D eigenvalue weighted by atomic mass is 32.1. The minimum absolute atomic E-state index is 0.168. The van der Waals surface area contributed by atoms with Gasteiger partial charge in [-0.2, -0.15) is 0 Å². The van der Waals surface area contributed by atoms with Gasteiger partial charge < -0.3 is 19.5 Å². The number of hydrogen-bond acceptors (Lipinski definition) is 3. The SMILES string of the molecule is COc1cccc(-n2c(C)cc([C@@H]3[C@@H](c4ccccn4)NC(=S)N3c3ccc(F)cc3)c2C)c1. The first-order valence-corrected chi connectivity index (χ1v) is 11.5. The molecule has 0 saturated carbocycles. The normalized spacial score (nSPS) is 17.6. The van der Waals surface area contributed by atoms with E-state index in [1.54, 1.807) is 25.4 Å². The van der Waals surface area contributed by atoms with Crippen molar-refractivity contribution in [1.29, 1.82) is 0 Å². The molecule has 34 heavy (non-hydrogen) atoms. The first-order valence-electron chi connectivity index (χ1n) is 11.1. The van der Waals surface area contributed by atoms with Crippen LogP contribution in [0.5, 0.6) is 5.75 Å². The zero-order chi connectivity index (χ0) is 23.8. The lowest BCUT2D eigenvalue weighted by Gasteiger charge is -2.28. The maximum absolute atomic E-state index is 13.7. The van der Waals surface area contributed by atoms with E-state index in [1.165, 1.54) is 12.1 Å². The van der Waals surface area contributed by atoms with Crippen molar-refractivity contribution in [2.24, 2.45) is 0 Å². The van der Waals surface area contributed by atoms with Crippen LogP contribution >= 0.6 is 12.2 Å². The monoisotopic (exact) mass is 472 g/mol. The number of nitrogens with one attached hydrogen (secondary N) is 1. The Morgan fingerprint density at radius 1 is 0.971 bits per heavy atom. The van der Waals surface area contributed by atoms with Crippen LogP contribution in [0.1, 0.15) is 34.7 Å². The van der Waals surface area contributed by atoms with E-state index < -0.39 is 0 Å². The largest absolute Gasteiger partial charge is 0.497 e. The number of hydrogen-bond donors (Lipinski definition) is 1. The molecule has 1 fully saturated rings. The number of rotatable bonds is 5. The van der Waals surface area contributed by atoms with Crippen molar-refractivity contribution in [3.05, 3.63) is 107 Å². The van der Waals surface area contributed by atoms with E-state index >= 15 is 0 Å². The van der Waals surface area contributed by atoms with Gasteiger partial charge >= 0.3 is 0 Å². The smallest absolute Gasteiger partial charge is 0.174 e. The second-order valence-corrected chi connectivity index (χ2v) is 8.72. The molecular weight excluding hydrogens is 447 g/mol. The first kappa shape index (κ1) is 22.1. The van der Waals surface area contributed by atoms with Gasteiger partial charge in [-0.3, -0.25) is 4.98 Å². The summed E-state index contributed by atoms with van der Waals surface area (Å²) in [6.07, 6.45) is 1.79. The predicted octanol–water partition coefficient (Wildman–Crippen LogP) is 5.81. The molecule has 2 atom stereocenters. The highest BCUT2D eigenvalue weighted by Crippen LogP contribution is 2.43. The Morgan fingerprint density at radius 2 is 1.76 bits per heavy atom. The van der Waals surface area contributed by atoms with Crippen LogP contribution in [0.2, 0.25) is 0 Å². The molecule has 5 nitrogen and oxygen atoms in total. The molecule has 5 rings (SSSR count). The number of ether oxygens (including phenoxy) is 1. The van der Waals surface area contributed by atoms with Crippen LogP contribution < -0.4 is 15.0 Å². The van der Waals surface area contributed by atoms with E-state index in [9.17, 15) is 4.39 Å². The number of thiocarbonyl (C=S) groups is 1. The highest BCUT2D eigenvalue weighted by molar-refractivity contribution is 7.80. The predicted molar refractivity (Wildman–Crippen MR) is 136 cm³/mol. The van der Waals surface area contributed by atoms with Gasteiger partial charge in [-0.05, 0) is 86.2 Å². The summed E-state index contributed by atoms with van der Waals surface area (Å²) in [7, 11) is 1.67. The molecule has 2 aromatic carbocycles. The molecular formula is C27H25FN4OS. The van der Waals surface area contributed by atoms with E-state index in [0.717, 1.165) is 39.8 Å². The molecule has 3 heterocycles. The zero-order valence-corrected chi connectivity index (χ0v) is 20.0. The third-order valence-electron chi connectivity index (χ3n) is 6.30. The van der Waals surface area contributed by atoms with E-state index in [0.29, 0.717) is 5.11 Å². The Hall–Kier alpha value is -3.71. The molecule has 4 aromatic rings. The van der Waals surface area contributed by atoms with Gasteiger partial charge in [0.25, 0.3) is 0 Å². The Balaban J connectivity index is 1.67. The fourth-order valence-electron chi connectivity index (χ4n) is 4.78. The number of pyridine rings is 1. The summed E-state index contributed by atoms with van der Waals surface area (Å²) in [5, 5.41) is 4.05. The maximum Gasteiger partial charge on any atom is 0.174 e. The Labute approximate surface area is 203 Å². The average molecular weight is 473 g/mol. The Kier molecular flexibility index (Phi) is 5.79. The molecule has 7 heteroatoms. The number of halogens is 1. The highest BCUT2D eigenvalue weighted by Gasteiger charge is 2.42. The van der Waals surface area contributed by atoms with Gasteiger partial charge in [0.1, 0.15) is 11.6 Å². The van der Waals surface area contributed by atoms with Crippen molar-refractivity contribution >= 4 is 23.0 Å². The minimum Gasteiger partial charge on any atom is -0.497 e. The Bertz CT molecular complexity index is 1340. The van der Waals surface area contributed by atoms with Crippen LogP contribution in [-0.4, -0.2) is 21.8 Å². The van der Waals surface area contributed by atoms with Crippen molar-refractivity contribution in [2.45, 2.75) is 25.9 Å². The summed E-state index contributed by atoms with van der Waals surface area (Å²) in [5.41, 5.74) is 6.05. The molecule has 0 spiro atoms. The van der Waals surface area contributed by atoms with E-state index in [4.69, 9.17) is 17.0 Å². The molecule has 0 unspecified atom stereocenters. The van der Waals surface area contributed by atoms with E-state index in [1.807, 2.05) is 36.4 Å². The summed E-state index contributed by atoms with van der Waals surface area (Å²) >= 11 is 5.79. The number of methoxy groups -OCH3 is 1. The van der Waals surface area contributed by atoms with Gasteiger partial charge in [0, 0.05) is 35.0 Å². The summed E-state index contributed by atoms with van der Waals surface area (Å²) < 4.78 is 21.4. The third kappa shape index (κ3) is 3.82. The van der Waals surface area contributed by atoms with E-state index in [-0.39, 0.29) is 17.9 Å². The molecule has 0 aliphatic carbocycles. The number of aryl methyl sites for hydroxylation is 1. The fourth-order valence-corrected chi connectivity index (χ4v) is 5.13. The Morgan fingerprint density at radius 3 is 2.47 bits per heavy atom. The summed E-state index contributed by atoms with van der Waals surface area (Å²) in [6.45, 7) is 4.20. The minimum atomic E-state index is -0.282. The van der Waals surface area contributed by atoms with Crippen LogP contribution in [-0.2, 0) is 0 Å². The van der Waals surface area contributed by atoms with Crippen LogP contribution in [0, 0.1) is 19.7 Å². The molecule has 0 amide bonds. The number of benzene rings is 2. The van der Waals surface area contributed by atoms with Gasteiger partial charge in [0.2, 0.25) is 0 Å². The molecule has 2 aromatic heterocycles. The lowest BCUT2D eigenvalue weighted by molar-refractivity contribution is 0.414. The van der Waals surface area contributed by atoms with Crippen molar-refractivity contribution in [1.82, 2.24) is 14.9 Å². The fraction of sp³-hybridized carbons (Fsp3) is 0.185. The number of aromatic nitrogens is 2. The van der Waals surface area contributed by atoms with Crippen LogP contribution in [0.25, 0.3) is 5.69 Å². The second kappa shape index (κ2) is 8.91. The molecule has 0 bridgehead atoms. The van der Waals surface area contributed by atoms with Crippen molar-refractivity contribution in [2.75, 3.05) is 12.0 Å². The molecule has 172 valence electrons. The van der Waals surface area contributed by atoms with Gasteiger partial charge in [-0.1, -0.05) is 12.1 Å². The standard InChI is InChI=1S/C27H25FN4OS/c1-17-15-23(18(2)31(17)21-7-6-8-22(16-21)33-3)26-25(24-9-4-5-14-29-24)30-27(34)32(26)20-12-10-19(28)11-13-20/h4-16,25-26H,1-3H3,(H,30,34)/t25-,26-/m1/s1. The third-order valence-corrected chi connectivity index (χ3v) is 6.62. The lowest BCUT2D eigenvalue weighted by atomic mass is 9.96. The lowest BCUT2D eigenvalue weighted by Crippen LogP contribution is -2.29. The molecule has 1 N–H and O–H groups in total. The van der Waals surface area contributed by atoms with Crippen molar-refractivity contribution < 1.29 is 9.13 Å². The zero-order valence-electron chi connectivity index (χ0n) is 19.2. The van der Waals surface area contributed by atoms with Gasteiger partial charge in [-0.25, -0.2) is 4.39 Å². The van der Waals surface area contributed by atoms with Crippen molar-refractivity contribution in [3.8, 4) is 11.4 Å². The molecule has 1 saturated heterocycles. The van der Waals surface area contributed by atoms with Gasteiger partial charge in [0.15, 0.2) is 5.11 Å². The number of anilines is 1. The quantitative estimate of drug-likeness (QED) is 0.371. The second-order valence-electron chi connectivity index (χ2n) is 8.34. The van der Waals surface area contributed by atoms with E-state index in [2.05, 4.69) is 45.7 Å². The molecule has 1 aliphatic rings. The molecule has 1 aliphatic heterocycles. The number of nitrogens with zero attached hydrogens (tertiary/aromatic N) is 3. The first-order chi connectivity index (χ1) is 16.5. The van der Waals surface area contributed by atoms with Crippen LogP contribution in [0.4, 0.5) is 10.1 Å². The summed E-state index contributed by atoms with van der Waals surface area (Å²) in [4.78, 5) is 6.68. The van der Waals surface area contributed by atoms with Gasteiger partial charge in [-0.15, -0.1) is 0 Å². The molecule has 0 radical (unpaired) electrons. The van der Waals surface area contributed by atoms with Crippen LogP contribution in [0.3, 0.4) is 0 Å². The average Bonchev–Trinajstić information content (AvgIpc) is 3.35.